The number of ether oxygens (including phenoxy) is 3. The Labute approximate surface area is 215 Å². The maximum Gasteiger partial charge on any atom is 0.203 e. The Morgan fingerprint density at radius 2 is 1.48 bits per heavy atom. The second kappa shape index (κ2) is 15.6. The molecule has 33 heavy (non-hydrogen) atoms. The van der Waals surface area contributed by atoms with Crippen molar-refractivity contribution in [1.29, 1.82) is 0 Å². The molecular formula is C25H39IN4O3. The molecule has 0 heterocycles. The van der Waals surface area contributed by atoms with Crippen molar-refractivity contribution in [2.45, 2.75) is 40.4 Å². The largest absolute Gasteiger partial charge is 0.493 e. The molecule has 0 saturated carbocycles. The van der Waals surface area contributed by atoms with Gasteiger partial charge in [0.25, 0.3) is 0 Å². The molecule has 0 spiro atoms. The summed E-state index contributed by atoms with van der Waals surface area (Å²) in [5.41, 5.74) is 3.58. The lowest BCUT2D eigenvalue weighted by molar-refractivity contribution is 0.295. The number of rotatable bonds is 12. The number of halogens is 1. The van der Waals surface area contributed by atoms with Crippen molar-refractivity contribution in [2.75, 3.05) is 41.0 Å². The summed E-state index contributed by atoms with van der Waals surface area (Å²) in [6.07, 6.45) is 0. The fourth-order valence-electron chi connectivity index (χ4n) is 3.49. The van der Waals surface area contributed by atoms with E-state index in [2.05, 4.69) is 60.6 Å². The number of guanidine groups is 1. The van der Waals surface area contributed by atoms with E-state index in [1.165, 1.54) is 11.1 Å². The van der Waals surface area contributed by atoms with Crippen molar-refractivity contribution in [3.8, 4) is 17.2 Å². The van der Waals surface area contributed by atoms with Gasteiger partial charge in [0.05, 0.1) is 27.9 Å². The number of aliphatic imine (C=N–C) groups is 1. The van der Waals surface area contributed by atoms with Crippen molar-refractivity contribution in [3.63, 3.8) is 0 Å². The number of nitrogens with one attached hydrogen (secondary N) is 2. The van der Waals surface area contributed by atoms with Crippen LogP contribution in [-0.4, -0.2) is 51.8 Å². The third-order valence-electron chi connectivity index (χ3n) is 5.34. The van der Waals surface area contributed by atoms with E-state index >= 15 is 0 Å². The molecule has 184 valence electrons. The average molecular weight is 571 g/mol. The van der Waals surface area contributed by atoms with Crippen molar-refractivity contribution in [3.05, 3.63) is 53.1 Å². The third-order valence-corrected chi connectivity index (χ3v) is 5.34. The molecule has 7 nitrogen and oxygen atoms in total. The van der Waals surface area contributed by atoms with E-state index in [1.54, 1.807) is 21.3 Å². The van der Waals surface area contributed by atoms with Gasteiger partial charge in [-0.1, -0.05) is 38.1 Å². The van der Waals surface area contributed by atoms with Gasteiger partial charge in [-0.2, -0.15) is 0 Å². The van der Waals surface area contributed by atoms with E-state index in [0.717, 1.165) is 37.7 Å². The van der Waals surface area contributed by atoms with Crippen molar-refractivity contribution < 1.29 is 14.2 Å². The maximum atomic E-state index is 5.45. The van der Waals surface area contributed by atoms with Gasteiger partial charge in [0, 0.05) is 19.6 Å². The van der Waals surface area contributed by atoms with Gasteiger partial charge in [-0.25, -0.2) is 4.99 Å². The number of methoxy groups -OCH3 is 3. The molecular weight excluding hydrogens is 531 g/mol. The molecule has 0 amide bonds. The van der Waals surface area contributed by atoms with Gasteiger partial charge in [0.1, 0.15) is 0 Å². The van der Waals surface area contributed by atoms with Crippen LogP contribution in [0.2, 0.25) is 0 Å². The Balaban J connectivity index is 0.00000544. The standard InChI is InChI=1S/C25H38N4O3.HI/c1-7-26-25(27-16-19-14-22(30-4)24(32-6)23(15-19)31-5)28-17-20-12-10-11-13-21(20)18-29(8-2)9-3;/h10-15H,7-9,16-18H2,1-6H3,(H2,26,27,28);1H. The first-order valence-electron chi connectivity index (χ1n) is 11.2. The third kappa shape index (κ3) is 8.58. The van der Waals surface area contributed by atoms with E-state index in [1.807, 2.05) is 12.1 Å². The molecule has 2 rings (SSSR count). The first kappa shape index (κ1) is 28.8. The number of nitrogens with zero attached hydrogens (tertiary/aromatic N) is 2. The zero-order valence-electron chi connectivity index (χ0n) is 20.7. The van der Waals surface area contributed by atoms with Crippen LogP contribution in [0.4, 0.5) is 0 Å². The monoisotopic (exact) mass is 570 g/mol. The predicted octanol–water partition coefficient (Wildman–Crippen LogP) is 4.43. The van der Waals surface area contributed by atoms with E-state index in [4.69, 9.17) is 19.2 Å². The van der Waals surface area contributed by atoms with Crippen LogP contribution in [0.15, 0.2) is 41.4 Å². The van der Waals surface area contributed by atoms with E-state index in [9.17, 15) is 0 Å². The summed E-state index contributed by atoms with van der Waals surface area (Å²) in [6, 6.07) is 12.4. The van der Waals surface area contributed by atoms with Crippen molar-refractivity contribution in [2.24, 2.45) is 4.99 Å². The summed E-state index contributed by atoms with van der Waals surface area (Å²) in [4.78, 5) is 7.18. The van der Waals surface area contributed by atoms with Crippen LogP contribution in [0.25, 0.3) is 0 Å². The summed E-state index contributed by atoms with van der Waals surface area (Å²) < 4.78 is 16.3. The smallest absolute Gasteiger partial charge is 0.203 e. The molecule has 0 atom stereocenters. The Bertz CT molecular complexity index is 847. The van der Waals surface area contributed by atoms with Gasteiger partial charge < -0.3 is 24.8 Å². The number of benzene rings is 2. The highest BCUT2D eigenvalue weighted by atomic mass is 127. The van der Waals surface area contributed by atoms with Crippen LogP contribution in [0.5, 0.6) is 17.2 Å². The van der Waals surface area contributed by atoms with E-state index in [0.29, 0.717) is 30.3 Å². The quantitative estimate of drug-likeness (QED) is 0.224. The highest BCUT2D eigenvalue weighted by molar-refractivity contribution is 14.0. The Morgan fingerprint density at radius 1 is 0.879 bits per heavy atom. The molecule has 0 radical (unpaired) electrons. The van der Waals surface area contributed by atoms with Crippen LogP contribution in [0.1, 0.15) is 37.5 Å². The molecule has 0 fully saturated rings. The Hall–Kier alpha value is -2.20. The fourth-order valence-corrected chi connectivity index (χ4v) is 3.49. The summed E-state index contributed by atoms with van der Waals surface area (Å²) in [6.45, 7) is 11.4. The SMILES string of the molecule is CCNC(=NCc1cc(OC)c(OC)c(OC)c1)NCc1ccccc1CN(CC)CC.I. The van der Waals surface area contributed by atoms with Gasteiger partial charge in [-0.15, -0.1) is 24.0 Å². The number of hydrogen-bond acceptors (Lipinski definition) is 5. The summed E-state index contributed by atoms with van der Waals surface area (Å²) >= 11 is 0. The second-order valence-corrected chi connectivity index (χ2v) is 7.31. The lowest BCUT2D eigenvalue weighted by Crippen LogP contribution is -2.37. The van der Waals surface area contributed by atoms with Gasteiger partial charge in [0.15, 0.2) is 17.5 Å². The molecule has 0 aliphatic rings. The molecule has 0 aliphatic heterocycles. The highest BCUT2D eigenvalue weighted by Crippen LogP contribution is 2.38. The Morgan fingerprint density at radius 3 is 2.00 bits per heavy atom. The highest BCUT2D eigenvalue weighted by Gasteiger charge is 2.13. The summed E-state index contributed by atoms with van der Waals surface area (Å²) in [7, 11) is 4.83. The van der Waals surface area contributed by atoms with Crippen molar-refractivity contribution >= 4 is 29.9 Å². The molecule has 0 saturated heterocycles. The van der Waals surface area contributed by atoms with E-state index in [-0.39, 0.29) is 24.0 Å². The predicted molar refractivity (Wildman–Crippen MR) is 146 cm³/mol. The van der Waals surface area contributed by atoms with Gasteiger partial charge in [-0.05, 0) is 48.8 Å². The lowest BCUT2D eigenvalue weighted by atomic mass is 10.1. The molecule has 2 N–H and O–H groups in total. The topological polar surface area (TPSA) is 67.4 Å². The molecule has 2 aromatic carbocycles. The van der Waals surface area contributed by atoms with Gasteiger partial charge in [-0.3, -0.25) is 4.90 Å². The maximum absolute atomic E-state index is 5.45. The molecule has 0 bridgehead atoms. The molecule has 2 aromatic rings. The van der Waals surface area contributed by atoms with E-state index < -0.39 is 0 Å². The van der Waals surface area contributed by atoms with Crippen LogP contribution in [0, 0.1) is 0 Å². The lowest BCUT2D eigenvalue weighted by Gasteiger charge is -2.20. The fraction of sp³-hybridized carbons (Fsp3) is 0.480. The summed E-state index contributed by atoms with van der Waals surface area (Å²) in [5.74, 6) is 2.59. The Kier molecular flexibility index (Phi) is 13.6. The average Bonchev–Trinajstić information content (AvgIpc) is 2.83. The van der Waals surface area contributed by atoms with Crippen LogP contribution in [-0.2, 0) is 19.6 Å². The minimum absolute atomic E-state index is 0. The van der Waals surface area contributed by atoms with Crippen LogP contribution < -0.4 is 24.8 Å². The van der Waals surface area contributed by atoms with Gasteiger partial charge >= 0.3 is 0 Å². The minimum Gasteiger partial charge on any atom is -0.493 e. The minimum atomic E-state index is 0. The molecule has 0 aromatic heterocycles. The second-order valence-electron chi connectivity index (χ2n) is 7.31. The van der Waals surface area contributed by atoms with Gasteiger partial charge in [0.2, 0.25) is 5.75 Å². The van der Waals surface area contributed by atoms with Crippen LogP contribution >= 0.6 is 24.0 Å². The zero-order chi connectivity index (χ0) is 23.3. The molecule has 8 heteroatoms. The summed E-state index contributed by atoms with van der Waals surface area (Å²) in [5, 5.41) is 6.80. The first-order chi connectivity index (χ1) is 15.6. The molecule has 0 unspecified atom stereocenters. The zero-order valence-corrected chi connectivity index (χ0v) is 23.1. The first-order valence-corrected chi connectivity index (χ1v) is 11.2. The normalized spacial score (nSPS) is 11.1. The van der Waals surface area contributed by atoms with Crippen LogP contribution in [0.3, 0.4) is 0 Å². The number of hydrogen-bond donors (Lipinski definition) is 2. The van der Waals surface area contributed by atoms with Crippen molar-refractivity contribution in [1.82, 2.24) is 15.5 Å². The molecule has 0 aliphatic carbocycles.